The number of methoxy groups -OCH3 is 1. The summed E-state index contributed by atoms with van der Waals surface area (Å²) in [5, 5.41) is 8.77. The Morgan fingerprint density at radius 2 is 2.14 bits per heavy atom. The second-order valence-corrected chi connectivity index (χ2v) is 5.07. The SMILES string of the molecule is COC(=O)c1ccc(N2CCC(OCCO)CC2)nc1C. The Hall–Kier alpha value is -1.66. The van der Waals surface area contributed by atoms with Crippen LogP contribution < -0.4 is 4.90 Å². The van der Waals surface area contributed by atoms with E-state index in [1.165, 1.54) is 7.11 Å². The van der Waals surface area contributed by atoms with Crippen LogP contribution >= 0.6 is 0 Å². The number of anilines is 1. The number of aryl methyl sites for hydroxylation is 1. The summed E-state index contributed by atoms with van der Waals surface area (Å²) in [6, 6.07) is 3.62. The van der Waals surface area contributed by atoms with Crippen LogP contribution in [0.15, 0.2) is 12.1 Å². The zero-order valence-electron chi connectivity index (χ0n) is 12.5. The van der Waals surface area contributed by atoms with E-state index < -0.39 is 0 Å². The summed E-state index contributed by atoms with van der Waals surface area (Å²) in [5.41, 5.74) is 1.18. The molecule has 0 aliphatic carbocycles. The van der Waals surface area contributed by atoms with Crippen LogP contribution in [0.1, 0.15) is 28.9 Å². The van der Waals surface area contributed by atoms with Gasteiger partial charge in [-0.25, -0.2) is 9.78 Å². The molecule has 0 aromatic carbocycles. The third-order valence-corrected chi connectivity index (χ3v) is 3.69. The summed E-state index contributed by atoms with van der Waals surface area (Å²) in [4.78, 5) is 18.2. The number of carbonyl (C=O) groups excluding carboxylic acids is 1. The third-order valence-electron chi connectivity index (χ3n) is 3.69. The van der Waals surface area contributed by atoms with Gasteiger partial charge in [-0.2, -0.15) is 0 Å². The predicted octanol–water partition coefficient (Wildman–Crippen LogP) is 1.15. The molecule has 0 amide bonds. The van der Waals surface area contributed by atoms with Crippen LogP contribution in [0.2, 0.25) is 0 Å². The first-order valence-electron chi connectivity index (χ1n) is 7.19. The van der Waals surface area contributed by atoms with Gasteiger partial charge in [-0.05, 0) is 31.9 Å². The number of hydrogen-bond donors (Lipinski definition) is 1. The van der Waals surface area contributed by atoms with Crippen molar-refractivity contribution < 1.29 is 19.4 Å². The van der Waals surface area contributed by atoms with Gasteiger partial charge in [-0.15, -0.1) is 0 Å². The summed E-state index contributed by atoms with van der Waals surface area (Å²) >= 11 is 0. The van der Waals surface area contributed by atoms with Crippen molar-refractivity contribution in [2.75, 3.05) is 38.3 Å². The van der Waals surface area contributed by atoms with Gasteiger partial charge in [-0.3, -0.25) is 0 Å². The lowest BCUT2D eigenvalue weighted by Crippen LogP contribution is -2.38. The van der Waals surface area contributed by atoms with Crippen LogP contribution in [0, 0.1) is 6.92 Å². The van der Waals surface area contributed by atoms with Gasteiger partial charge in [0, 0.05) is 13.1 Å². The van der Waals surface area contributed by atoms with Crippen LogP contribution in [-0.4, -0.2) is 55.6 Å². The Labute approximate surface area is 124 Å². The molecule has 1 aliphatic rings. The molecule has 0 spiro atoms. The fourth-order valence-corrected chi connectivity index (χ4v) is 2.52. The number of piperidine rings is 1. The zero-order valence-corrected chi connectivity index (χ0v) is 12.5. The highest BCUT2D eigenvalue weighted by molar-refractivity contribution is 5.90. The maximum Gasteiger partial charge on any atom is 0.339 e. The van der Waals surface area contributed by atoms with Crippen LogP contribution in [0.3, 0.4) is 0 Å². The van der Waals surface area contributed by atoms with Crippen molar-refractivity contribution in [2.24, 2.45) is 0 Å². The molecule has 21 heavy (non-hydrogen) atoms. The van der Waals surface area contributed by atoms with Gasteiger partial charge in [0.25, 0.3) is 0 Å². The van der Waals surface area contributed by atoms with Crippen molar-refractivity contribution in [3.05, 3.63) is 23.4 Å². The number of aliphatic hydroxyl groups is 1. The number of ether oxygens (including phenoxy) is 2. The van der Waals surface area contributed by atoms with E-state index in [1.807, 2.05) is 13.0 Å². The number of nitrogens with zero attached hydrogens (tertiary/aromatic N) is 2. The molecule has 0 unspecified atom stereocenters. The van der Waals surface area contributed by atoms with Crippen LogP contribution in [0.4, 0.5) is 5.82 Å². The number of carbonyl (C=O) groups is 1. The Kier molecular flexibility index (Phi) is 5.52. The molecule has 0 atom stereocenters. The fraction of sp³-hybridized carbons (Fsp3) is 0.600. The fourth-order valence-electron chi connectivity index (χ4n) is 2.52. The molecule has 116 valence electrons. The highest BCUT2D eigenvalue weighted by atomic mass is 16.5. The van der Waals surface area contributed by atoms with Crippen LogP contribution in [0.25, 0.3) is 0 Å². The second kappa shape index (κ2) is 7.38. The lowest BCUT2D eigenvalue weighted by Gasteiger charge is -2.32. The Bertz CT molecular complexity index is 485. The Morgan fingerprint density at radius 3 is 2.71 bits per heavy atom. The van der Waals surface area contributed by atoms with Gasteiger partial charge in [0.1, 0.15) is 5.82 Å². The van der Waals surface area contributed by atoms with Crippen LogP contribution in [-0.2, 0) is 9.47 Å². The van der Waals surface area contributed by atoms with Crippen molar-refractivity contribution in [1.82, 2.24) is 4.98 Å². The predicted molar refractivity (Wildman–Crippen MR) is 78.6 cm³/mol. The van der Waals surface area contributed by atoms with E-state index in [0.29, 0.717) is 17.9 Å². The minimum absolute atomic E-state index is 0.0654. The second-order valence-electron chi connectivity index (χ2n) is 5.07. The molecular formula is C15H22N2O4. The first-order valence-corrected chi connectivity index (χ1v) is 7.19. The van der Waals surface area contributed by atoms with E-state index in [0.717, 1.165) is 31.7 Å². The molecule has 1 aromatic heterocycles. The number of rotatable bonds is 5. The smallest absolute Gasteiger partial charge is 0.339 e. The normalized spacial score (nSPS) is 16.0. The summed E-state index contributed by atoms with van der Waals surface area (Å²) in [6.07, 6.45) is 2.04. The first kappa shape index (κ1) is 15.7. The third kappa shape index (κ3) is 3.92. The molecule has 0 saturated carbocycles. The average Bonchev–Trinajstić information content (AvgIpc) is 2.52. The molecule has 2 heterocycles. The number of esters is 1. The maximum atomic E-state index is 11.6. The monoisotopic (exact) mass is 294 g/mol. The van der Waals surface area contributed by atoms with Crippen molar-refractivity contribution >= 4 is 11.8 Å². The van der Waals surface area contributed by atoms with Crippen molar-refractivity contribution in [2.45, 2.75) is 25.9 Å². The summed E-state index contributed by atoms with van der Waals surface area (Å²) < 4.78 is 10.3. The topological polar surface area (TPSA) is 71.9 Å². The van der Waals surface area contributed by atoms with Crippen molar-refractivity contribution in [1.29, 1.82) is 0 Å². The van der Waals surface area contributed by atoms with Gasteiger partial charge < -0.3 is 19.5 Å². The minimum atomic E-state index is -0.359. The standard InChI is InChI=1S/C15H22N2O4/c1-11-13(15(19)20-2)3-4-14(16-11)17-7-5-12(6-8-17)21-10-9-18/h3-4,12,18H,5-10H2,1-2H3. The van der Waals surface area contributed by atoms with Gasteiger partial charge in [0.05, 0.1) is 37.7 Å². The lowest BCUT2D eigenvalue weighted by molar-refractivity contribution is 0.0158. The highest BCUT2D eigenvalue weighted by Crippen LogP contribution is 2.21. The first-order chi connectivity index (χ1) is 10.2. The molecule has 0 radical (unpaired) electrons. The molecule has 0 bridgehead atoms. The number of aromatic nitrogens is 1. The zero-order chi connectivity index (χ0) is 15.2. The van der Waals surface area contributed by atoms with E-state index in [2.05, 4.69) is 9.88 Å². The van der Waals surface area contributed by atoms with Crippen molar-refractivity contribution in [3.63, 3.8) is 0 Å². The molecule has 6 heteroatoms. The van der Waals surface area contributed by atoms with Gasteiger partial charge >= 0.3 is 5.97 Å². The largest absolute Gasteiger partial charge is 0.465 e. The molecule has 1 N–H and O–H groups in total. The molecule has 1 fully saturated rings. The molecular weight excluding hydrogens is 272 g/mol. The number of pyridine rings is 1. The molecule has 1 saturated heterocycles. The maximum absolute atomic E-state index is 11.6. The quantitative estimate of drug-likeness (QED) is 0.822. The number of hydrogen-bond acceptors (Lipinski definition) is 6. The number of aliphatic hydroxyl groups excluding tert-OH is 1. The van der Waals surface area contributed by atoms with E-state index in [1.54, 1.807) is 6.07 Å². The minimum Gasteiger partial charge on any atom is -0.465 e. The van der Waals surface area contributed by atoms with E-state index in [-0.39, 0.29) is 18.7 Å². The molecule has 1 aliphatic heterocycles. The van der Waals surface area contributed by atoms with E-state index in [4.69, 9.17) is 14.6 Å². The van der Waals surface area contributed by atoms with Crippen LogP contribution in [0.5, 0.6) is 0 Å². The average molecular weight is 294 g/mol. The van der Waals surface area contributed by atoms with Crippen molar-refractivity contribution in [3.8, 4) is 0 Å². The lowest BCUT2D eigenvalue weighted by atomic mass is 10.1. The molecule has 2 rings (SSSR count). The summed E-state index contributed by atoms with van der Waals surface area (Å²) in [5.74, 6) is 0.517. The van der Waals surface area contributed by atoms with E-state index in [9.17, 15) is 4.79 Å². The highest BCUT2D eigenvalue weighted by Gasteiger charge is 2.21. The Balaban J connectivity index is 1.97. The summed E-state index contributed by atoms with van der Waals surface area (Å²) in [6.45, 7) is 4.00. The molecule has 1 aromatic rings. The van der Waals surface area contributed by atoms with Gasteiger partial charge in [0.15, 0.2) is 0 Å². The van der Waals surface area contributed by atoms with E-state index >= 15 is 0 Å². The molecule has 6 nitrogen and oxygen atoms in total. The Morgan fingerprint density at radius 1 is 1.43 bits per heavy atom. The van der Waals surface area contributed by atoms with Gasteiger partial charge in [-0.1, -0.05) is 0 Å². The van der Waals surface area contributed by atoms with Gasteiger partial charge in [0.2, 0.25) is 0 Å². The summed E-state index contributed by atoms with van der Waals surface area (Å²) in [7, 11) is 1.37.